The van der Waals surface area contributed by atoms with Crippen LogP contribution in [0, 0.1) is 0 Å². The molecule has 0 fully saturated rings. The number of carbonyl (C=O) groups excluding carboxylic acids is 1. The number of rotatable bonds is 4. The molecule has 0 aliphatic rings. The van der Waals surface area contributed by atoms with Crippen LogP contribution in [-0.4, -0.2) is 28.0 Å². The molecule has 1 amide bonds. The SMILES string of the molecule is COc1ccc(C(=O)NCn2nnc3ccccc32)cc1. The fourth-order valence-corrected chi connectivity index (χ4v) is 2.03. The van der Waals surface area contributed by atoms with Gasteiger partial charge in [-0.3, -0.25) is 4.79 Å². The largest absolute Gasteiger partial charge is 0.497 e. The number of amides is 1. The maximum absolute atomic E-state index is 12.1. The number of nitrogens with one attached hydrogen (secondary N) is 1. The van der Waals surface area contributed by atoms with E-state index >= 15 is 0 Å². The first-order valence-electron chi connectivity index (χ1n) is 6.48. The quantitative estimate of drug-likeness (QED) is 0.792. The molecule has 0 aliphatic carbocycles. The summed E-state index contributed by atoms with van der Waals surface area (Å²) in [6.07, 6.45) is 0. The van der Waals surface area contributed by atoms with Crippen molar-refractivity contribution < 1.29 is 9.53 Å². The second-order valence-electron chi connectivity index (χ2n) is 4.47. The third-order valence-electron chi connectivity index (χ3n) is 3.16. The van der Waals surface area contributed by atoms with Crippen LogP contribution in [-0.2, 0) is 6.67 Å². The topological polar surface area (TPSA) is 69.0 Å². The van der Waals surface area contributed by atoms with Gasteiger partial charge in [-0.05, 0) is 36.4 Å². The first kappa shape index (κ1) is 13.1. The van der Waals surface area contributed by atoms with Gasteiger partial charge in [-0.25, -0.2) is 4.68 Å². The van der Waals surface area contributed by atoms with E-state index < -0.39 is 0 Å². The lowest BCUT2D eigenvalue weighted by Gasteiger charge is -2.06. The van der Waals surface area contributed by atoms with Gasteiger partial charge < -0.3 is 10.1 Å². The van der Waals surface area contributed by atoms with Crippen molar-refractivity contribution >= 4 is 16.9 Å². The summed E-state index contributed by atoms with van der Waals surface area (Å²) in [6, 6.07) is 14.5. The van der Waals surface area contributed by atoms with Gasteiger partial charge in [0.25, 0.3) is 5.91 Å². The highest BCUT2D eigenvalue weighted by Gasteiger charge is 2.07. The van der Waals surface area contributed by atoms with Crippen LogP contribution in [0.1, 0.15) is 10.4 Å². The Morgan fingerprint density at radius 3 is 2.71 bits per heavy atom. The van der Waals surface area contributed by atoms with Crippen LogP contribution < -0.4 is 10.1 Å². The number of benzene rings is 2. The van der Waals surface area contributed by atoms with Crippen molar-refractivity contribution in [3.8, 4) is 5.75 Å². The molecule has 0 spiro atoms. The Bertz CT molecular complexity index is 765. The lowest BCUT2D eigenvalue weighted by Crippen LogP contribution is -2.26. The van der Waals surface area contributed by atoms with Crippen LogP contribution in [0.5, 0.6) is 5.75 Å². The Morgan fingerprint density at radius 2 is 1.95 bits per heavy atom. The third kappa shape index (κ3) is 2.69. The predicted octanol–water partition coefficient (Wildman–Crippen LogP) is 1.83. The fraction of sp³-hybridized carbons (Fsp3) is 0.133. The molecular weight excluding hydrogens is 268 g/mol. The van der Waals surface area contributed by atoms with Crippen molar-refractivity contribution in [2.75, 3.05) is 7.11 Å². The molecule has 0 saturated carbocycles. The van der Waals surface area contributed by atoms with Crippen molar-refractivity contribution in [1.82, 2.24) is 20.3 Å². The van der Waals surface area contributed by atoms with Gasteiger partial charge in [0.15, 0.2) is 0 Å². The predicted molar refractivity (Wildman–Crippen MR) is 78.0 cm³/mol. The zero-order valence-electron chi connectivity index (χ0n) is 11.5. The number of nitrogens with zero attached hydrogens (tertiary/aromatic N) is 3. The maximum atomic E-state index is 12.1. The van der Waals surface area contributed by atoms with Crippen LogP contribution in [0.15, 0.2) is 48.5 Å². The van der Waals surface area contributed by atoms with Crippen LogP contribution in [0.25, 0.3) is 11.0 Å². The van der Waals surface area contributed by atoms with E-state index in [9.17, 15) is 4.79 Å². The number of methoxy groups -OCH3 is 1. The molecule has 6 nitrogen and oxygen atoms in total. The van der Waals surface area contributed by atoms with Crippen molar-refractivity contribution in [1.29, 1.82) is 0 Å². The molecule has 1 aromatic heterocycles. The summed E-state index contributed by atoms with van der Waals surface area (Å²) in [4.78, 5) is 12.1. The molecule has 3 rings (SSSR count). The number of para-hydroxylation sites is 1. The van der Waals surface area contributed by atoms with Crippen LogP contribution in [0.4, 0.5) is 0 Å². The molecular formula is C15H14N4O2. The lowest BCUT2D eigenvalue weighted by molar-refractivity contribution is 0.0940. The molecule has 0 atom stereocenters. The van der Waals surface area contributed by atoms with E-state index in [2.05, 4.69) is 15.6 Å². The Hall–Kier alpha value is -2.89. The molecule has 0 saturated heterocycles. The summed E-state index contributed by atoms with van der Waals surface area (Å²) in [7, 11) is 1.59. The smallest absolute Gasteiger partial charge is 0.252 e. The van der Waals surface area contributed by atoms with E-state index in [1.165, 1.54) is 0 Å². The Kier molecular flexibility index (Phi) is 3.51. The van der Waals surface area contributed by atoms with E-state index in [0.717, 1.165) is 11.0 Å². The molecule has 6 heteroatoms. The average Bonchev–Trinajstić information content (AvgIpc) is 2.96. The zero-order chi connectivity index (χ0) is 14.7. The van der Waals surface area contributed by atoms with E-state index in [4.69, 9.17) is 4.74 Å². The van der Waals surface area contributed by atoms with Crippen molar-refractivity contribution in [3.63, 3.8) is 0 Å². The summed E-state index contributed by atoms with van der Waals surface area (Å²) < 4.78 is 6.71. The molecule has 1 N–H and O–H groups in total. The number of hydrogen-bond acceptors (Lipinski definition) is 4. The molecule has 0 bridgehead atoms. The van der Waals surface area contributed by atoms with Crippen molar-refractivity contribution in [2.45, 2.75) is 6.67 Å². The zero-order valence-corrected chi connectivity index (χ0v) is 11.5. The number of hydrogen-bond donors (Lipinski definition) is 1. The standard InChI is InChI=1S/C15H14N4O2/c1-21-12-8-6-11(7-9-12)15(20)16-10-19-14-5-3-2-4-13(14)17-18-19/h2-9H,10H2,1H3,(H,16,20). The summed E-state index contributed by atoms with van der Waals surface area (Å²) in [5.74, 6) is 0.547. The first-order chi connectivity index (χ1) is 10.3. The molecule has 0 radical (unpaired) electrons. The molecule has 2 aromatic carbocycles. The van der Waals surface area contributed by atoms with Gasteiger partial charge in [-0.1, -0.05) is 17.3 Å². The van der Waals surface area contributed by atoms with Gasteiger partial charge in [0.1, 0.15) is 17.9 Å². The highest BCUT2D eigenvalue weighted by Crippen LogP contribution is 2.12. The molecule has 3 aromatic rings. The number of ether oxygens (including phenoxy) is 1. The molecule has 1 heterocycles. The Labute approximate surface area is 121 Å². The monoisotopic (exact) mass is 282 g/mol. The number of aromatic nitrogens is 3. The summed E-state index contributed by atoms with van der Waals surface area (Å²) in [5, 5.41) is 10.9. The highest BCUT2D eigenvalue weighted by molar-refractivity contribution is 5.94. The second kappa shape index (κ2) is 5.62. The average molecular weight is 282 g/mol. The van der Waals surface area contributed by atoms with Gasteiger partial charge >= 0.3 is 0 Å². The lowest BCUT2D eigenvalue weighted by atomic mass is 10.2. The first-order valence-corrected chi connectivity index (χ1v) is 6.48. The highest BCUT2D eigenvalue weighted by atomic mass is 16.5. The van der Waals surface area contributed by atoms with Gasteiger partial charge in [0.2, 0.25) is 0 Å². The van der Waals surface area contributed by atoms with Crippen LogP contribution >= 0.6 is 0 Å². The summed E-state index contributed by atoms with van der Waals surface area (Å²) in [5.41, 5.74) is 2.25. The fourth-order valence-electron chi connectivity index (χ4n) is 2.03. The van der Waals surface area contributed by atoms with Gasteiger partial charge in [0.05, 0.1) is 12.6 Å². The van der Waals surface area contributed by atoms with Gasteiger partial charge in [0, 0.05) is 5.56 Å². The maximum Gasteiger partial charge on any atom is 0.252 e. The molecule has 0 aliphatic heterocycles. The van der Waals surface area contributed by atoms with E-state index in [0.29, 0.717) is 11.3 Å². The van der Waals surface area contributed by atoms with Gasteiger partial charge in [-0.15, -0.1) is 5.10 Å². The number of fused-ring (bicyclic) bond motifs is 1. The third-order valence-corrected chi connectivity index (χ3v) is 3.16. The Balaban J connectivity index is 1.70. The second-order valence-corrected chi connectivity index (χ2v) is 4.47. The molecule has 106 valence electrons. The van der Waals surface area contributed by atoms with E-state index in [1.54, 1.807) is 36.1 Å². The van der Waals surface area contributed by atoms with Crippen LogP contribution in [0.3, 0.4) is 0 Å². The van der Waals surface area contributed by atoms with Crippen molar-refractivity contribution in [2.24, 2.45) is 0 Å². The summed E-state index contributed by atoms with van der Waals surface area (Å²) >= 11 is 0. The minimum Gasteiger partial charge on any atom is -0.497 e. The minimum atomic E-state index is -0.169. The van der Waals surface area contributed by atoms with Crippen molar-refractivity contribution in [3.05, 3.63) is 54.1 Å². The van der Waals surface area contributed by atoms with Gasteiger partial charge in [-0.2, -0.15) is 0 Å². The normalized spacial score (nSPS) is 10.5. The van der Waals surface area contributed by atoms with Crippen LogP contribution in [0.2, 0.25) is 0 Å². The number of carbonyl (C=O) groups is 1. The van der Waals surface area contributed by atoms with E-state index in [-0.39, 0.29) is 12.6 Å². The minimum absolute atomic E-state index is 0.169. The molecule has 0 unspecified atom stereocenters. The molecule has 21 heavy (non-hydrogen) atoms. The Morgan fingerprint density at radius 1 is 1.19 bits per heavy atom. The van der Waals surface area contributed by atoms with E-state index in [1.807, 2.05) is 24.3 Å². The summed E-state index contributed by atoms with van der Waals surface area (Å²) in [6.45, 7) is 0.269.